The van der Waals surface area contributed by atoms with E-state index in [4.69, 9.17) is 15.3 Å². The molecular weight excluding hydrogens is 200 g/mol. The molecule has 0 aliphatic rings. The largest absolute Gasteiger partial charge is 0.508 e. The van der Waals surface area contributed by atoms with Crippen LogP contribution >= 0.6 is 0 Å². The van der Waals surface area contributed by atoms with Crippen molar-refractivity contribution in [2.75, 3.05) is 0 Å². The Bertz CT molecular complexity index is 417. The van der Waals surface area contributed by atoms with Crippen molar-refractivity contribution in [1.29, 1.82) is 0 Å². The molecule has 5 heteroatoms. The van der Waals surface area contributed by atoms with Gasteiger partial charge in [-0.2, -0.15) is 0 Å². The first kappa shape index (κ1) is 10.8. The lowest BCUT2D eigenvalue weighted by Crippen LogP contribution is -2.10. The smallest absolute Gasteiger partial charge is 0.343 e. The molecule has 0 aromatic heterocycles. The van der Waals surface area contributed by atoms with Gasteiger partial charge in [0.1, 0.15) is 11.3 Å². The lowest BCUT2D eigenvalue weighted by atomic mass is 10.1. The molecule has 15 heavy (non-hydrogen) atoms. The van der Waals surface area contributed by atoms with Crippen LogP contribution < -0.4 is 0 Å². The molecule has 0 aliphatic carbocycles. The standard InChI is InChI=1S/C10H8O5/c11-7-3-1-2-6(4-7)5-8(9(12)13)10(14)15/h1-5,11H,(H,12,13)(H,14,15). The van der Waals surface area contributed by atoms with Crippen molar-refractivity contribution in [3.8, 4) is 5.75 Å². The Hall–Kier alpha value is -2.30. The van der Waals surface area contributed by atoms with Crippen molar-refractivity contribution in [2.24, 2.45) is 0 Å². The number of phenols is 1. The molecule has 1 aromatic carbocycles. The van der Waals surface area contributed by atoms with Gasteiger partial charge in [-0.05, 0) is 23.8 Å². The molecule has 0 amide bonds. The summed E-state index contributed by atoms with van der Waals surface area (Å²) in [7, 11) is 0. The number of aromatic hydroxyl groups is 1. The Kier molecular flexibility index (Phi) is 3.07. The van der Waals surface area contributed by atoms with Crippen LogP contribution in [-0.2, 0) is 9.59 Å². The number of aliphatic carboxylic acids is 2. The van der Waals surface area contributed by atoms with Crippen molar-refractivity contribution in [2.45, 2.75) is 0 Å². The summed E-state index contributed by atoms with van der Waals surface area (Å²) in [6, 6.07) is 5.65. The van der Waals surface area contributed by atoms with Crippen LogP contribution in [0.3, 0.4) is 0 Å². The SMILES string of the molecule is O=C(O)C(=Cc1cccc(O)c1)C(=O)O. The Balaban J connectivity index is 3.13. The molecule has 1 rings (SSSR count). The van der Waals surface area contributed by atoms with E-state index >= 15 is 0 Å². The first-order valence-corrected chi connectivity index (χ1v) is 3.98. The number of carboxylic acids is 2. The topological polar surface area (TPSA) is 94.8 Å². The van der Waals surface area contributed by atoms with Gasteiger partial charge in [0.25, 0.3) is 0 Å². The maximum atomic E-state index is 10.5. The van der Waals surface area contributed by atoms with Crippen molar-refractivity contribution >= 4 is 18.0 Å². The van der Waals surface area contributed by atoms with Crippen molar-refractivity contribution in [3.63, 3.8) is 0 Å². The van der Waals surface area contributed by atoms with E-state index in [9.17, 15) is 9.59 Å². The lowest BCUT2D eigenvalue weighted by Gasteiger charge is -1.97. The minimum atomic E-state index is -1.52. The van der Waals surface area contributed by atoms with Gasteiger partial charge in [-0.25, -0.2) is 9.59 Å². The first-order valence-electron chi connectivity index (χ1n) is 3.98. The highest BCUT2D eigenvalue weighted by molar-refractivity contribution is 6.16. The molecule has 0 atom stereocenters. The number of carboxylic acid groups (broad SMARTS) is 2. The van der Waals surface area contributed by atoms with Gasteiger partial charge in [0, 0.05) is 0 Å². The molecule has 0 unspecified atom stereocenters. The molecule has 1 aromatic rings. The number of phenolic OH excluding ortho intramolecular Hbond substituents is 1. The van der Waals surface area contributed by atoms with Crippen LogP contribution in [0.5, 0.6) is 5.75 Å². The van der Waals surface area contributed by atoms with E-state index in [0.29, 0.717) is 5.56 Å². The van der Waals surface area contributed by atoms with Crippen molar-refractivity contribution in [1.82, 2.24) is 0 Å². The lowest BCUT2D eigenvalue weighted by molar-refractivity contribution is -0.140. The molecule has 0 aliphatic heterocycles. The fraction of sp³-hybridized carbons (Fsp3) is 0. The zero-order valence-electron chi connectivity index (χ0n) is 7.54. The molecule has 5 nitrogen and oxygen atoms in total. The van der Waals surface area contributed by atoms with Crippen molar-refractivity contribution < 1.29 is 24.9 Å². The van der Waals surface area contributed by atoms with E-state index in [0.717, 1.165) is 6.08 Å². The van der Waals surface area contributed by atoms with E-state index in [-0.39, 0.29) is 5.75 Å². The zero-order chi connectivity index (χ0) is 11.4. The third-order valence-corrected chi connectivity index (χ3v) is 1.64. The van der Waals surface area contributed by atoms with Gasteiger partial charge in [0.05, 0.1) is 0 Å². The number of carbonyl (C=O) groups is 2. The normalized spacial score (nSPS) is 9.33. The van der Waals surface area contributed by atoms with Gasteiger partial charge in [0.15, 0.2) is 0 Å². The molecule has 0 radical (unpaired) electrons. The van der Waals surface area contributed by atoms with Crippen LogP contribution in [-0.4, -0.2) is 27.3 Å². The second-order valence-electron chi connectivity index (χ2n) is 2.76. The molecule has 0 saturated heterocycles. The van der Waals surface area contributed by atoms with Gasteiger partial charge in [-0.15, -0.1) is 0 Å². The van der Waals surface area contributed by atoms with Gasteiger partial charge >= 0.3 is 11.9 Å². The minimum absolute atomic E-state index is 0.0566. The number of benzene rings is 1. The summed E-state index contributed by atoms with van der Waals surface area (Å²) in [5, 5.41) is 26.2. The summed E-state index contributed by atoms with van der Waals surface area (Å²) in [5.41, 5.74) is -0.435. The molecule has 0 saturated carbocycles. The third kappa shape index (κ3) is 2.84. The quantitative estimate of drug-likeness (QED) is 0.390. The van der Waals surface area contributed by atoms with E-state index in [1.807, 2.05) is 0 Å². The van der Waals surface area contributed by atoms with E-state index in [2.05, 4.69) is 0 Å². The number of rotatable bonds is 3. The average Bonchev–Trinajstić information content (AvgIpc) is 2.13. The van der Waals surface area contributed by atoms with Crippen LogP contribution in [0.1, 0.15) is 5.56 Å². The van der Waals surface area contributed by atoms with Gasteiger partial charge in [-0.3, -0.25) is 0 Å². The zero-order valence-corrected chi connectivity index (χ0v) is 7.54. The Morgan fingerprint density at radius 2 is 1.73 bits per heavy atom. The monoisotopic (exact) mass is 208 g/mol. The highest BCUT2D eigenvalue weighted by Crippen LogP contribution is 2.14. The van der Waals surface area contributed by atoms with Crippen LogP contribution in [0.4, 0.5) is 0 Å². The van der Waals surface area contributed by atoms with Crippen LogP contribution in [0, 0.1) is 0 Å². The van der Waals surface area contributed by atoms with Crippen LogP contribution in [0.2, 0.25) is 0 Å². The van der Waals surface area contributed by atoms with E-state index < -0.39 is 17.5 Å². The summed E-state index contributed by atoms with van der Waals surface area (Å²) in [6.07, 6.45) is 0.977. The van der Waals surface area contributed by atoms with Crippen LogP contribution in [0.25, 0.3) is 6.08 Å². The second-order valence-corrected chi connectivity index (χ2v) is 2.76. The summed E-state index contributed by atoms with van der Waals surface area (Å²) in [5.74, 6) is -3.10. The summed E-state index contributed by atoms with van der Waals surface area (Å²) in [4.78, 5) is 21.0. The van der Waals surface area contributed by atoms with Gasteiger partial charge < -0.3 is 15.3 Å². The maximum Gasteiger partial charge on any atom is 0.343 e. The predicted molar refractivity (Wildman–Crippen MR) is 51.4 cm³/mol. The summed E-state index contributed by atoms with van der Waals surface area (Å²) in [6.45, 7) is 0. The molecule has 0 bridgehead atoms. The molecule has 0 heterocycles. The van der Waals surface area contributed by atoms with Gasteiger partial charge in [0.2, 0.25) is 0 Å². The Labute approximate surface area is 84.9 Å². The third-order valence-electron chi connectivity index (χ3n) is 1.64. The molecular formula is C10H8O5. The number of hydrogen-bond donors (Lipinski definition) is 3. The first-order chi connectivity index (χ1) is 7.00. The van der Waals surface area contributed by atoms with Crippen molar-refractivity contribution in [3.05, 3.63) is 35.4 Å². The van der Waals surface area contributed by atoms with E-state index in [1.54, 1.807) is 0 Å². The highest BCUT2D eigenvalue weighted by atomic mass is 16.4. The summed E-state index contributed by atoms with van der Waals surface area (Å²) >= 11 is 0. The highest BCUT2D eigenvalue weighted by Gasteiger charge is 2.15. The van der Waals surface area contributed by atoms with E-state index in [1.165, 1.54) is 24.3 Å². The molecule has 3 N–H and O–H groups in total. The number of hydrogen-bond acceptors (Lipinski definition) is 3. The average molecular weight is 208 g/mol. The predicted octanol–water partition coefficient (Wildman–Crippen LogP) is 0.945. The van der Waals surface area contributed by atoms with Gasteiger partial charge in [-0.1, -0.05) is 12.1 Å². The molecule has 0 spiro atoms. The van der Waals surface area contributed by atoms with Crippen LogP contribution in [0.15, 0.2) is 29.8 Å². The fourth-order valence-corrected chi connectivity index (χ4v) is 0.996. The molecule has 78 valence electrons. The Morgan fingerprint density at radius 3 is 2.20 bits per heavy atom. The minimum Gasteiger partial charge on any atom is -0.508 e. The molecule has 0 fully saturated rings. The maximum absolute atomic E-state index is 10.5. The summed E-state index contributed by atoms with van der Waals surface area (Å²) < 4.78 is 0. The Morgan fingerprint density at radius 1 is 1.13 bits per heavy atom. The fourth-order valence-electron chi connectivity index (χ4n) is 0.996. The second kappa shape index (κ2) is 4.28.